The van der Waals surface area contributed by atoms with Crippen molar-refractivity contribution in [2.75, 3.05) is 24.6 Å². The number of carbonyl (C=O) groups excluding carboxylic acids is 1. The van der Waals surface area contributed by atoms with Crippen molar-refractivity contribution in [2.45, 2.75) is 12.5 Å². The van der Waals surface area contributed by atoms with E-state index < -0.39 is 0 Å². The maximum Gasteiger partial charge on any atom is 0.317 e. The van der Waals surface area contributed by atoms with E-state index in [4.69, 9.17) is 0 Å². The zero-order valence-electron chi connectivity index (χ0n) is 12.4. The number of aryl methyl sites for hydroxylation is 1. The lowest BCUT2D eigenvalue weighted by Gasteiger charge is -2.34. The van der Waals surface area contributed by atoms with Crippen LogP contribution < -0.4 is 5.32 Å². The van der Waals surface area contributed by atoms with Gasteiger partial charge in [0.15, 0.2) is 0 Å². The van der Waals surface area contributed by atoms with Gasteiger partial charge in [-0.05, 0) is 0 Å². The van der Waals surface area contributed by atoms with E-state index >= 15 is 0 Å². The first kappa shape index (κ1) is 15.4. The van der Waals surface area contributed by atoms with Crippen molar-refractivity contribution in [1.82, 2.24) is 25.0 Å². The summed E-state index contributed by atoms with van der Waals surface area (Å²) in [4.78, 5) is 18.6. The van der Waals surface area contributed by atoms with Gasteiger partial charge in [0.25, 0.3) is 0 Å². The van der Waals surface area contributed by atoms with Crippen LogP contribution in [0.4, 0.5) is 4.79 Å². The second-order valence-electron chi connectivity index (χ2n) is 5.14. The minimum absolute atomic E-state index is 0.00529. The zero-order valence-corrected chi connectivity index (χ0v) is 14.1. The van der Waals surface area contributed by atoms with Crippen LogP contribution in [-0.2, 0) is 13.5 Å². The van der Waals surface area contributed by atoms with Crippen molar-refractivity contribution in [2.24, 2.45) is 7.05 Å². The lowest BCUT2D eigenvalue weighted by Crippen LogP contribution is -2.46. The number of hydrogen-bond donors (Lipinski definition) is 1. The number of nitrogens with zero attached hydrogens (tertiary/aromatic N) is 4. The summed E-state index contributed by atoms with van der Waals surface area (Å²) in [6.07, 6.45) is 6.42. The Labute approximate surface area is 137 Å². The predicted octanol–water partition coefficient (Wildman–Crippen LogP) is 1.92. The third kappa shape index (κ3) is 3.61. The van der Waals surface area contributed by atoms with Crippen LogP contribution in [0, 0.1) is 0 Å². The number of hydrogen-bond acceptors (Lipinski definition) is 5. The number of rotatable bonds is 4. The summed E-state index contributed by atoms with van der Waals surface area (Å²) in [5, 5.41) is 10.2. The molecule has 0 aromatic carbocycles. The molecule has 1 atom stereocenters. The molecule has 2 aromatic rings. The number of thiazole rings is 1. The molecular formula is C14H19N5OS2. The maximum atomic E-state index is 12.5. The van der Waals surface area contributed by atoms with Gasteiger partial charge in [-0.15, -0.1) is 11.3 Å². The quantitative estimate of drug-likeness (QED) is 0.926. The molecule has 3 rings (SSSR count). The molecule has 0 saturated carbocycles. The normalized spacial score (nSPS) is 18.4. The Morgan fingerprint density at radius 1 is 1.55 bits per heavy atom. The number of nitrogens with one attached hydrogen (secondary N) is 1. The number of aromatic nitrogens is 3. The van der Waals surface area contributed by atoms with Gasteiger partial charge >= 0.3 is 6.03 Å². The van der Waals surface area contributed by atoms with Gasteiger partial charge in [-0.25, -0.2) is 9.78 Å². The number of thioether (sulfide) groups is 1. The topological polar surface area (TPSA) is 63.1 Å². The van der Waals surface area contributed by atoms with E-state index in [1.54, 1.807) is 22.2 Å². The first-order chi connectivity index (χ1) is 10.7. The first-order valence-corrected chi connectivity index (χ1v) is 9.26. The van der Waals surface area contributed by atoms with Crippen LogP contribution in [0.2, 0.25) is 0 Å². The summed E-state index contributed by atoms with van der Waals surface area (Å²) in [5.74, 6) is 1.91. The molecule has 0 unspecified atom stereocenters. The lowest BCUT2D eigenvalue weighted by atomic mass is 10.1. The van der Waals surface area contributed by atoms with Crippen molar-refractivity contribution < 1.29 is 4.79 Å². The van der Waals surface area contributed by atoms with Gasteiger partial charge in [-0.1, -0.05) is 0 Å². The monoisotopic (exact) mass is 337 g/mol. The summed E-state index contributed by atoms with van der Waals surface area (Å²) in [6, 6.07) is 0.109. The molecule has 0 radical (unpaired) electrons. The van der Waals surface area contributed by atoms with Crippen molar-refractivity contribution in [3.8, 4) is 0 Å². The standard InChI is InChI=1S/C14H19N5OS2/c1-18-9-11(8-17-18)12-10-21-7-5-19(12)14(20)16-3-2-13-15-4-6-22-13/h4,6,8-9,12H,2-3,5,7,10H2,1H3,(H,16,20)/t12-/m1/s1. The first-order valence-electron chi connectivity index (χ1n) is 7.23. The lowest BCUT2D eigenvalue weighted by molar-refractivity contribution is 0.183. The van der Waals surface area contributed by atoms with E-state index in [-0.39, 0.29) is 12.1 Å². The van der Waals surface area contributed by atoms with Gasteiger partial charge < -0.3 is 10.2 Å². The van der Waals surface area contributed by atoms with Gasteiger partial charge in [0.2, 0.25) is 0 Å². The van der Waals surface area contributed by atoms with E-state index in [0.29, 0.717) is 6.54 Å². The Hall–Kier alpha value is -1.54. The average molecular weight is 337 g/mol. The molecule has 118 valence electrons. The van der Waals surface area contributed by atoms with Crippen molar-refractivity contribution in [3.63, 3.8) is 0 Å². The predicted molar refractivity (Wildman–Crippen MR) is 89.2 cm³/mol. The fourth-order valence-corrected chi connectivity index (χ4v) is 4.20. The summed E-state index contributed by atoms with van der Waals surface area (Å²) < 4.78 is 1.78. The maximum absolute atomic E-state index is 12.5. The number of amides is 2. The van der Waals surface area contributed by atoms with Gasteiger partial charge in [-0.3, -0.25) is 4.68 Å². The van der Waals surface area contributed by atoms with E-state index in [1.807, 2.05) is 41.5 Å². The molecule has 3 heterocycles. The molecule has 2 aromatic heterocycles. The zero-order chi connectivity index (χ0) is 15.4. The molecule has 1 N–H and O–H groups in total. The second kappa shape index (κ2) is 7.15. The highest BCUT2D eigenvalue weighted by atomic mass is 32.2. The highest BCUT2D eigenvalue weighted by Crippen LogP contribution is 2.29. The molecule has 8 heteroatoms. The summed E-state index contributed by atoms with van der Waals surface area (Å²) in [7, 11) is 1.90. The largest absolute Gasteiger partial charge is 0.338 e. The Bertz CT molecular complexity index is 613. The third-order valence-electron chi connectivity index (χ3n) is 3.60. The fraction of sp³-hybridized carbons (Fsp3) is 0.500. The van der Waals surface area contributed by atoms with Gasteiger partial charge in [0.1, 0.15) is 0 Å². The van der Waals surface area contributed by atoms with Crippen molar-refractivity contribution >= 4 is 29.1 Å². The van der Waals surface area contributed by atoms with E-state index in [2.05, 4.69) is 15.4 Å². The van der Waals surface area contributed by atoms with Gasteiger partial charge in [0, 0.05) is 61.4 Å². The molecule has 22 heavy (non-hydrogen) atoms. The van der Waals surface area contributed by atoms with Crippen LogP contribution in [0.1, 0.15) is 16.6 Å². The van der Waals surface area contributed by atoms with E-state index in [1.165, 1.54) is 0 Å². The molecular weight excluding hydrogens is 318 g/mol. The second-order valence-corrected chi connectivity index (χ2v) is 7.27. The Balaban J connectivity index is 1.59. The smallest absolute Gasteiger partial charge is 0.317 e. The van der Waals surface area contributed by atoms with Crippen LogP contribution in [-0.4, -0.2) is 50.3 Å². The fourth-order valence-electron chi connectivity index (χ4n) is 2.49. The van der Waals surface area contributed by atoms with Gasteiger partial charge in [0.05, 0.1) is 17.2 Å². The molecule has 1 fully saturated rings. The average Bonchev–Trinajstić information content (AvgIpc) is 3.19. The van der Waals surface area contributed by atoms with Crippen LogP contribution in [0.3, 0.4) is 0 Å². The number of carbonyl (C=O) groups is 1. The van der Waals surface area contributed by atoms with Crippen LogP contribution in [0.15, 0.2) is 24.0 Å². The van der Waals surface area contributed by atoms with Crippen LogP contribution in [0.5, 0.6) is 0 Å². The molecule has 1 aliphatic rings. The highest BCUT2D eigenvalue weighted by molar-refractivity contribution is 7.99. The molecule has 1 aliphatic heterocycles. The van der Waals surface area contributed by atoms with E-state index in [9.17, 15) is 4.79 Å². The SMILES string of the molecule is Cn1cc([C@H]2CSCCN2C(=O)NCCc2nccs2)cn1. The molecule has 1 saturated heterocycles. The summed E-state index contributed by atoms with van der Waals surface area (Å²) in [6.45, 7) is 1.39. The highest BCUT2D eigenvalue weighted by Gasteiger charge is 2.29. The Morgan fingerprint density at radius 3 is 3.18 bits per heavy atom. The Kier molecular flexibility index (Phi) is 4.99. The number of urea groups is 1. The minimum atomic E-state index is 0.00529. The molecule has 2 amide bonds. The van der Waals surface area contributed by atoms with Crippen LogP contribution in [0.25, 0.3) is 0 Å². The summed E-state index contributed by atoms with van der Waals surface area (Å²) in [5.41, 5.74) is 1.10. The van der Waals surface area contributed by atoms with E-state index in [0.717, 1.165) is 35.0 Å². The minimum Gasteiger partial charge on any atom is -0.338 e. The third-order valence-corrected chi connectivity index (χ3v) is 5.46. The molecule has 6 nitrogen and oxygen atoms in total. The van der Waals surface area contributed by atoms with Crippen molar-refractivity contribution in [3.05, 3.63) is 34.5 Å². The molecule has 0 spiro atoms. The van der Waals surface area contributed by atoms with Gasteiger partial charge in [-0.2, -0.15) is 16.9 Å². The van der Waals surface area contributed by atoms with Crippen molar-refractivity contribution in [1.29, 1.82) is 0 Å². The summed E-state index contributed by atoms with van der Waals surface area (Å²) >= 11 is 3.50. The molecule has 0 bridgehead atoms. The Morgan fingerprint density at radius 2 is 2.45 bits per heavy atom. The van der Waals surface area contributed by atoms with Crippen LogP contribution >= 0.6 is 23.1 Å². The molecule has 0 aliphatic carbocycles.